The molecule has 5 rings (SSSR count). The Kier molecular flexibility index (Phi) is 13.4. The molecule has 52 heavy (non-hydrogen) atoms. The lowest BCUT2D eigenvalue weighted by Gasteiger charge is -2.35. The van der Waals surface area contributed by atoms with Gasteiger partial charge < -0.3 is 25.4 Å². The van der Waals surface area contributed by atoms with Crippen molar-refractivity contribution in [1.82, 2.24) is 24.4 Å². The largest absolute Gasteiger partial charge is 0.411 e. The monoisotopic (exact) mass is 732 g/mol. The Labute approximate surface area is 307 Å². The highest BCUT2D eigenvalue weighted by atomic mass is 32.2. The van der Waals surface area contributed by atoms with Crippen LogP contribution in [0.25, 0.3) is 0 Å². The fourth-order valence-corrected chi connectivity index (χ4v) is 8.80. The summed E-state index contributed by atoms with van der Waals surface area (Å²) in [6.45, 7) is 7.00. The smallest absolute Gasteiger partial charge is 0.321 e. The molecule has 1 aliphatic carbocycles. The van der Waals surface area contributed by atoms with Gasteiger partial charge in [-0.3, -0.25) is 9.78 Å². The second-order valence-corrected chi connectivity index (χ2v) is 16.1. The van der Waals surface area contributed by atoms with Crippen molar-refractivity contribution in [3.05, 3.63) is 95.3 Å². The molecule has 1 aromatic heterocycles. The van der Waals surface area contributed by atoms with Gasteiger partial charge in [0.15, 0.2) is 0 Å². The number of hydrogen-bond acceptors (Lipinski definition) is 8. The second-order valence-electron chi connectivity index (χ2n) is 14.2. The molecule has 13 heteroatoms. The molecule has 0 radical (unpaired) electrons. The number of hydrogen-bond donors (Lipinski definition) is 3. The van der Waals surface area contributed by atoms with Crippen LogP contribution in [0.1, 0.15) is 68.5 Å². The van der Waals surface area contributed by atoms with Gasteiger partial charge in [0.2, 0.25) is 15.9 Å². The molecule has 2 aromatic carbocycles. The molecule has 3 aromatic rings. The van der Waals surface area contributed by atoms with Crippen LogP contribution in [0.3, 0.4) is 0 Å². The van der Waals surface area contributed by atoms with Crippen molar-refractivity contribution in [1.29, 1.82) is 0 Å². The van der Waals surface area contributed by atoms with Gasteiger partial charge >= 0.3 is 6.03 Å². The number of amides is 3. The summed E-state index contributed by atoms with van der Waals surface area (Å²) in [5, 5.41) is 27.0. The van der Waals surface area contributed by atoms with Gasteiger partial charge in [-0.1, -0.05) is 86.8 Å². The zero-order valence-corrected chi connectivity index (χ0v) is 31.2. The summed E-state index contributed by atoms with van der Waals surface area (Å²) in [7, 11) is -4.05. The Hall–Kier alpha value is -4.33. The average molecular weight is 733 g/mol. The fourth-order valence-electron chi connectivity index (χ4n) is 7.27. The Morgan fingerprint density at radius 3 is 2.42 bits per heavy atom. The SMILES string of the molecule is CC[C@H](C)[C@@H](C(=O)N[C@@H](Cc1ccccc1)[C@H](O)CN(CC1CCCC1)S(=O)(=O)c1ccc(C=NO)cc1)N1CCN(Cc2cccc(C)n2)C1=O. The molecule has 1 saturated heterocycles. The highest BCUT2D eigenvalue weighted by Gasteiger charge is 2.41. The third-order valence-corrected chi connectivity index (χ3v) is 12.2. The summed E-state index contributed by atoms with van der Waals surface area (Å²) in [4.78, 5) is 36.1. The fraction of sp³-hybridized carbons (Fsp3) is 0.487. The van der Waals surface area contributed by atoms with E-state index in [0.29, 0.717) is 31.6 Å². The maximum absolute atomic E-state index is 14.4. The number of urea groups is 1. The Morgan fingerprint density at radius 2 is 1.77 bits per heavy atom. The third kappa shape index (κ3) is 9.75. The lowest BCUT2D eigenvalue weighted by molar-refractivity contribution is -0.128. The van der Waals surface area contributed by atoms with Crippen LogP contribution in [0.5, 0.6) is 0 Å². The molecule has 1 saturated carbocycles. The first-order valence-corrected chi connectivity index (χ1v) is 19.7. The highest BCUT2D eigenvalue weighted by molar-refractivity contribution is 7.89. The van der Waals surface area contributed by atoms with E-state index in [9.17, 15) is 23.1 Å². The lowest BCUT2D eigenvalue weighted by atomic mass is 9.95. The second kappa shape index (κ2) is 17.9. The highest BCUT2D eigenvalue weighted by Crippen LogP contribution is 2.29. The van der Waals surface area contributed by atoms with E-state index in [2.05, 4.69) is 15.5 Å². The van der Waals surface area contributed by atoms with Crippen molar-refractivity contribution < 1.29 is 28.3 Å². The molecule has 280 valence electrons. The predicted molar refractivity (Wildman–Crippen MR) is 199 cm³/mol. The number of nitrogens with one attached hydrogen (secondary N) is 1. The minimum absolute atomic E-state index is 0.0613. The number of aliphatic hydroxyl groups is 1. The quantitative estimate of drug-likeness (QED) is 0.102. The van der Waals surface area contributed by atoms with E-state index in [-0.39, 0.29) is 48.2 Å². The summed E-state index contributed by atoms with van der Waals surface area (Å²) in [6, 6.07) is 19.3. The maximum atomic E-state index is 14.4. The Balaban J connectivity index is 1.39. The van der Waals surface area contributed by atoms with Crippen LogP contribution in [0.15, 0.2) is 82.8 Å². The molecule has 2 fully saturated rings. The average Bonchev–Trinajstić information content (AvgIpc) is 3.78. The predicted octanol–water partition coefficient (Wildman–Crippen LogP) is 4.82. The van der Waals surface area contributed by atoms with Crippen LogP contribution in [0, 0.1) is 18.8 Å². The molecule has 0 unspecified atom stereocenters. The van der Waals surface area contributed by atoms with Crippen LogP contribution in [-0.2, 0) is 27.8 Å². The van der Waals surface area contributed by atoms with Crippen molar-refractivity contribution >= 4 is 28.2 Å². The van der Waals surface area contributed by atoms with Crippen molar-refractivity contribution in [2.45, 2.75) is 88.9 Å². The number of carbonyl (C=O) groups excluding carboxylic acids is 2. The molecule has 4 atom stereocenters. The number of sulfonamides is 1. The summed E-state index contributed by atoms with van der Waals surface area (Å²) in [5.41, 5.74) is 3.04. The van der Waals surface area contributed by atoms with Gasteiger partial charge in [0.1, 0.15) is 6.04 Å². The molecule has 0 spiro atoms. The van der Waals surface area contributed by atoms with Gasteiger partial charge in [-0.2, -0.15) is 4.31 Å². The zero-order chi connectivity index (χ0) is 37.3. The van der Waals surface area contributed by atoms with Gasteiger partial charge in [-0.05, 0) is 73.4 Å². The number of carbonyl (C=O) groups is 2. The lowest BCUT2D eigenvalue weighted by Crippen LogP contribution is -2.57. The number of aliphatic hydroxyl groups excluding tert-OH is 1. The van der Waals surface area contributed by atoms with Crippen LogP contribution >= 0.6 is 0 Å². The van der Waals surface area contributed by atoms with E-state index >= 15 is 0 Å². The summed E-state index contributed by atoms with van der Waals surface area (Å²) in [6.07, 6.45) is 4.69. The first kappa shape index (κ1) is 38.9. The van der Waals surface area contributed by atoms with Crippen molar-refractivity contribution in [2.24, 2.45) is 17.0 Å². The topological polar surface area (TPSA) is 156 Å². The van der Waals surface area contributed by atoms with Crippen molar-refractivity contribution in [3.8, 4) is 0 Å². The molecule has 3 amide bonds. The van der Waals surface area contributed by atoms with Gasteiger partial charge in [-0.25, -0.2) is 13.2 Å². The number of aryl methyl sites for hydroxylation is 1. The molecule has 1 aliphatic heterocycles. The van der Waals surface area contributed by atoms with E-state index < -0.39 is 28.2 Å². The zero-order valence-electron chi connectivity index (χ0n) is 30.3. The van der Waals surface area contributed by atoms with E-state index in [1.165, 1.54) is 22.7 Å². The van der Waals surface area contributed by atoms with Crippen molar-refractivity contribution in [3.63, 3.8) is 0 Å². The van der Waals surface area contributed by atoms with E-state index in [1.54, 1.807) is 21.9 Å². The summed E-state index contributed by atoms with van der Waals surface area (Å²) < 4.78 is 29.6. The number of rotatable bonds is 17. The number of pyridine rings is 1. The maximum Gasteiger partial charge on any atom is 0.321 e. The number of aromatic nitrogens is 1. The number of oxime groups is 1. The van der Waals surface area contributed by atoms with Gasteiger partial charge in [0.05, 0.1) is 35.5 Å². The van der Waals surface area contributed by atoms with Crippen LogP contribution in [0.4, 0.5) is 4.79 Å². The van der Waals surface area contributed by atoms with Crippen LogP contribution in [0.2, 0.25) is 0 Å². The van der Waals surface area contributed by atoms with E-state index in [1.807, 2.05) is 69.3 Å². The van der Waals surface area contributed by atoms with Crippen LogP contribution < -0.4 is 5.32 Å². The normalized spacial score (nSPS) is 17.9. The van der Waals surface area contributed by atoms with Crippen molar-refractivity contribution in [2.75, 3.05) is 26.2 Å². The number of nitrogens with zero attached hydrogens (tertiary/aromatic N) is 5. The summed E-state index contributed by atoms with van der Waals surface area (Å²) >= 11 is 0. The summed E-state index contributed by atoms with van der Waals surface area (Å²) in [5.74, 6) is -0.419. The van der Waals surface area contributed by atoms with E-state index in [4.69, 9.17) is 5.21 Å². The Bertz CT molecular complexity index is 1770. The molecular formula is C39H52N6O6S. The number of benzene rings is 2. The first-order valence-electron chi connectivity index (χ1n) is 18.3. The molecule has 2 heterocycles. The first-order chi connectivity index (χ1) is 25.0. The molecule has 2 aliphatic rings. The molecule has 12 nitrogen and oxygen atoms in total. The van der Waals surface area contributed by atoms with Gasteiger partial charge in [0, 0.05) is 31.9 Å². The van der Waals surface area contributed by atoms with Gasteiger partial charge in [-0.15, -0.1) is 0 Å². The Morgan fingerprint density at radius 1 is 1.06 bits per heavy atom. The standard InChI is InChI=1S/C39H52N6O6S/c1-4-28(2)37(45-22-21-43(39(45)48)26-33-16-10-11-29(3)41-33)38(47)42-35(23-30-12-6-5-7-13-30)36(46)27-44(25-32-14-8-9-15-32)52(50,51)34-19-17-31(18-20-34)24-40-49/h5-7,10-13,16-20,24,28,32,35-37,46,49H,4,8-9,14-15,21-23,25-27H2,1-3H3,(H,42,47)/t28-,35-,36+,37-/m0/s1. The molecule has 0 bridgehead atoms. The minimum atomic E-state index is -4.05. The molecular weight excluding hydrogens is 681 g/mol. The molecule has 3 N–H and O–H groups in total. The minimum Gasteiger partial charge on any atom is -0.411 e. The van der Waals surface area contributed by atoms with Gasteiger partial charge in [0.25, 0.3) is 0 Å². The third-order valence-electron chi connectivity index (χ3n) is 10.4. The van der Waals surface area contributed by atoms with E-state index in [0.717, 1.165) is 42.6 Å². The van der Waals surface area contributed by atoms with Crippen LogP contribution in [-0.4, -0.2) is 100 Å².